The molecule has 108 valence electrons. The van der Waals surface area contributed by atoms with Crippen LogP contribution in [-0.4, -0.2) is 18.9 Å². The molecule has 0 radical (unpaired) electrons. The van der Waals surface area contributed by atoms with Crippen molar-refractivity contribution in [2.45, 2.75) is 44.9 Å². The van der Waals surface area contributed by atoms with Crippen LogP contribution in [0.2, 0.25) is 0 Å². The maximum absolute atomic E-state index is 12.1. The van der Waals surface area contributed by atoms with Gasteiger partial charge in [0.15, 0.2) is 5.78 Å². The molecule has 1 fully saturated rings. The lowest BCUT2D eigenvalue weighted by atomic mass is 9.83. The van der Waals surface area contributed by atoms with E-state index in [4.69, 9.17) is 0 Å². The zero-order valence-electron chi connectivity index (χ0n) is 12.2. The van der Waals surface area contributed by atoms with Crippen molar-refractivity contribution in [3.05, 3.63) is 35.4 Å². The molecule has 0 aromatic heterocycles. The van der Waals surface area contributed by atoms with E-state index < -0.39 is 11.9 Å². The van der Waals surface area contributed by atoms with Gasteiger partial charge in [0.2, 0.25) is 0 Å². The number of ketones is 1. The molecule has 1 aliphatic rings. The van der Waals surface area contributed by atoms with Crippen LogP contribution in [0.5, 0.6) is 0 Å². The molecule has 0 amide bonds. The van der Waals surface area contributed by atoms with Gasteiger partial charge in [-0.25, -0.2) is 0 Å². The van der Waals surface area contributed by atoms with Crippen molar-refractivity contribution in [2.75, 3.05) is 7.11 Å². The summed E-state index contributed by atoms with van der Waals surface area (Å²) in [7, 11) is 1.30. The summed E-state index contributed by atoms with van der Waals surface area (Å²) in [4.78, 5) is 23.5. The molecule has 0 aliphatic heterocycles. The van der Waals surface area contributed by atoms with Gasteiger partial charge in [-0.2, -0.15) is 0 Å². The van der Waals surface area contributed by atoms with E-state index in [1.165, 1.54) is 44.8 Å². The first kappa shape index (κ1) is 14.8. The second-order valence-corrected chi connectivity index (χ2v) is 5.57. The Morgan fingerprint density at radius 3 is 2.25 bits per heavy atom. The molecule has 1 atom stereocenters. The van der Waals surface area contributed by atoms with E-state index in [-0.39, 0.29) is 5.78 Å². The van der Waals surface area contributed by atoms with E-state index in [0.717, 1.165) is 0 Å². The number of Topliss-reactive ketones (excluding diaryl/α,β-unsaturated/α-hetero) is 1. The largest absolute Gasteiger partial charge is 0.468 e. The zero-order valence-corrected chi connectivity index (χ0v) is 12.2. The van der Waals surface area contributed by atoms with E-state index in [0.29, 0.717) is 11.5 Å². The van der Waals surface area contributed by atoms with Crippen LogP contribution in [-0.2, 0) is 9.53 Å². The number of carbonyl (C=O) groups is 2. The van der Waals surface area contributed by atoms with Crippen molar-refractivity contribution < 1.29 is 14.3 Å². The Hall–Kier alpha value is -1.64. The van der Waals surface area contributed by atoms with Crippen molar-refractivity contribution in [3.63, 3.8) is 0 Å². The molecular weight excluding hydrogens is 252 g/mol. The Bertz CT molecular complexity index is 470. The summed E-state index contributed by atoms with van der Waals surface area (Å²) < 4.78 is 4.61. The molecule has 0 bridgehead atoms. The number of ether oxygens (including phenoxy) is 1. The SMILES string of the molecule is COC(=O)C(C)C(=O)c1ccc(C2CCCCC2)cc1. The summed E-state index contributed by atoms with van der Waals surface area (Å²) >= 11 is 0. The zero-order chi connectivity index (χ0) is 14.5. The Morgan fingerprint density at radius 1 is 1.10 bits per heavy atom. The summed E-state index contributed by atoms with van der Waals surface area (Å²) in [6, 6.07) is 7.75. The molecule has 0 heterocycles. The van der Waals surface area contributed by atoms with Crippen molar-refractivity contribution in [1.29, 1.82) is 0 Å². The van der Waals surface area contributed by atoms with Gasteiger partial charge in [-0.15, -0.1) is 0 Å². The summed E-state index contributed by atoms with van der Waals surface area (Å²) in [5.41, 5.74) is 1.90. The highest BCUT2D eigenvalue weighted by Crippen LogP contribution is 2.32. The summed E-state index contributed by atoms with van der Waals surface area (Å²) in [6.07, 6.45) is 6.41. The van der Waals surface area contributed by atoms with Crippen molar-refractivity contribution in [1.82, 2.24) is 0 Å². The van der Waals surface area contributed by atoms with Crippen LogP contribution in [0, 0.1) is 5.92 Å². The van der Waals surface area contributed by atoms with Gasteiger partial charge in [-0.3, -0.25) is 9.59 Å². The Labute approximate surface area is 120 Å². The highest BCUT2D eigenvalue weighted by molar-refractivity contribution is 6.08. The number of hydrogen-bond acceptors (Lipinski definition) is 3. The van der Waals surface area contributed by atoms with Gasteiger partial charge in [-0.05, 0) is 31.2 Å². The van der Waals surface area contributed by atoms with Gasteiger partial charge in [0.25, 0.3) is 0 Å². The normalized spacial score (nSPS) is 17.5. The average Bonchev–Trinajstić information content (AvgIpc) is 2.53. The lowest BCUT2D eigenvalue weighted by molar-refractivity contribution is -0.143. The first-order valence-electron chi connectivity index (χ1n) is 7.35. The molecule has 2 rings (SSSR count). The van der Waals surface area contributed by atoms with Gasteiger partial charge in [0, 0.05) is 5.56 Å². The van der Waals surface area contributed by atoms with Crippen LogP contribution >= 0.6 is 0 Å². The molecule has 1 aliphatic carbocycles. The predicted molar refractivity (Wildman–Crippen MR) is 77.8 cm³/mol. The molecule has 3 nitrogen and oxygen atoms in total. The van der Waals surface area contributed by atoms with Gasteiger partial charge >= 0.3 is 5.97 Å². The molecule has 1 saturated carbocycles. The molecule has 1 aromatic rings. The number of esters is 1. The second kappa shape index (κ2) is 6.69. The van der Waals surface area contributed by atoms with Crippen molar-refractivity contribution >= 4 is 11.8 Å². The van der Waals surface area contributed by atoms with Crippen molar-refractivity contribution in [2.24, 2.45) is 5.92 Å². The number of carbonyl (C=O) groups excluding carboxylic acids is 2. The summed E-state index contributed by atoms with van der Waals surface area (Å²) in [5, 5.41) is 0. The van der Waals surface area contributed by atoms with Crippen LogP contribution in [0.25, 0.3) is 0 Å². The van der Waals surface area contributed by atoms with Gasteiger partial charge in [0.05, 0.1) is 7.11 Å². The number of benzene rings is 1. The lowest BCUT2D eigenvalue weighted by Gasteiger charge is -2.22. The first-order valence-corrected chi connectivity index (χ1v) is 7.35. The van der Waals surface area contributed by atoms with E-state index >= 15 is 0 Å². The molecule has 0 N–H and O–H groups in total. The fraction of sp³-hybridized carbons (Fsp3) is 0.529. The third-order valence-electron chi connectivity index (χ3n) is 4.22. The van der Waals surface area contributed by atoms with Crippen LogP contribution < -0.4 is 0 Å². The Morgan fingerprint density at radius 2 is 1.70 bits per heavy atom. The minimum atomic E-state index is -0.736. The summed E-state index contributed by atoms with van der Waals surface area (Å²) in [6.45, 7) is 1.59. The first-order chi connectivity index (χ1) is 9.63. The molecule has 1 aromatic carbocycles. The standard InChI is InChI=1S/C17H22O3/c1-12(17(19)20-2)16(18)15-10-8-14(9-11-15)13-6-4-3-5-7-13/h8-13H,3-7H2,1-2H3. The highest BCUT2D eigenvalue weighted by atomic mass is 16.5. The van der Waals surface area contributed by atoms with E-state index in [1.807, 2.05) is 24.3 Å². The van der Waals surface area contributed by atoms with Crippen LogP contribution in [0.3, 0.4) is 0 Å². The van der Waals surface area contributed by atoms with Gasteiger partial charge < -0.3 is 4.74 Å². The number of rotatable bonds is 4. The molecule has 20 heavy (non-hydrogen) atoms. The molecule has 0 saturated heterocycles. The smallest absolute Gasteiger partial charge is 0.316 e. The van der Waals surface area contributed by atoms with Gasteiger partial charge in [0.1, 0.15) is 5.92 Å². The quantitative estimate of drug-likeness (QED) is 0.477. The monoisotopic (exact) mass is 274 g/mol. The van der Waals surface area contributed by atoms with Gasteiger partial charge in [-0.1, -0.05) is 43.5 Å². The molecule has 3 heteroatoms. The van der Waals surface area contributed by atoms with E-state index in [9.17, 15) is 9.59 Å². The van der Waals surface area contributed by atoms with Crippen molar-refractivity contribution in [3.8, 4) is 0 Å². The molecule has 0 spiro atoms. The Balaban J connectivity index is 2.07. The average molecular weight is 274 g/mol. The predicted octanol–water partition coefficient (Wildman–Crippen LogP) is 3.73. The van der Waals surface area contributed by atoms with Crippen LogP contribution in [0.4, 0.5) is 0 Å². The fourth-order valence-corrected chi connectivity index (χ4v) is 2.89. The molecule has 1 unspecified atom stereocenters. The number of hydrogen-bond donors (Lipinski definition) is 0. The second-order valence-electron chi connectivity index (χ2n) is 5.57. The number of methoxy groups -OCH3 is 1. The van der Waals surface area contributed by atoms with Crippen LogP contribution in [0.15, 0.2) is 24.3 Å². The maximum Gasteiger partial charge on any atom is 0.316 e. The fourth-order valence-electron chi connectivity index (χ4n) is 2.89. The highest BCUT2D eigenvalue weighted by Gasteiger charge is 2.23. The molecular formula is C17H22O3. The van der Waals surface area contributed by atoms with E-state index in [1.54, 1.807) is 6.92 Å². The third-order valence-corrected chi connectivity index (χ3v) is 4.22. The maximum atomic E-state index is 12.1. The third kappa shape index (κ3) is 3.27. The summed E-state index contributed by atoms with van der Waals surface area (Å²) in [5.74, 6) is -0.759. The lowest BCUT2D eigenvalue weighted by Crippen LogP contribution is -2.22. The van der Waals surface area contributed by atoms with E-state index in [2.05, 4.69) is 4.74 Å². The van der Waals surface area contributed by atoms with Crippen LogP contribution in [0.1, 0.15) is 60.9 Å². The Kier molecular flexibility index (Phi) is 4.94. The minimum Gasteiger partial charge on any atom is -0.468 e. The minimum absolute atomic E-state index is 0.174. The topological polar surface area (TPSA) is 43.4 Å².